The van der Waals surface area contributed by atoms with Gasteiger partial charge in [-0.05, 0) is 18.1 Å². The molecule has 0 aliphatic carbocycles. The van der Waals surface area contributed by atoms with Gasteiger partial charge in [0, 0.05) is 24.2 Å². The first kappa shape index (κ1) is 9.34. The fourth-order valence-corrected chi connectivity index (χ4v) is 2.18. The number of thiazole rings is 1. The first-order valence-corrected chi connectivity index (χ1v) is 5.58. The Balaban J connectivity index is 2.11. The SMILES string of the molecule is CCc1csc(Cc2cccnc2)n1. The summed E-state index contributed by atoms with van der Waals surface area (Å²) in [6.07, 6.45) is 5.61. The predicted molar refractivity (Wildman–Crippen MR) is 58.5 cm³/mol. The fraction of sp³-hybridized carbons (Fsp3) is 0.273. The van der Waals surface area contributed by atoms with E-state index in [-0.39, 0.29) is 0 Å². The van der Waals surface area contributed by atoms with Crippen LogP contribution in [0.1, 0.15) is 23.2 Å². The standard InChI is InChI=1S/C11H12N2S/c1-2-10-8-14-11(13-10)6-9-4-3-5-12-7-9/h3-5,7-8H,2,6H2,1H3. The van der Waals surface area contributed by atoms with Crippen LogP contribution < -0.4 is 0 Å². The minimum absolute atomic E-state index is 0.901. The van der Waals surface area contributed by atoms with Crippen molar-refractivity contribution in [2.75, 3.05) is 0 Å². The first-order valence-electron chi connectivity index (χ1n) is 4.70. The molecule has 0 spiro atoms. The second-order valence-corrected chi connectivity index (χ2v) is 4.07. The van der Waals surface area contributed by atoms with Gasteiger partial charge in [-0.1, -0.05) is 13.0 Å². The Morgan fingerprint density at radius 1 is 1.43 bits per heavy atom. The molecule has 0 aliphatic rings. The molecule has 0 unspecified atom stereocenters. The van der Waals surface area contributed by atoms with E-state index in [1.54, 1.807) is 17.5 Å². The van der Waals surface area contributed by atoms with Crippen molar-refractivity contribution in [2.45, 2.75) is 19.8 Å². The van der Waals surface area contributed by atoms with Crippen LogP contribution in [0.5, 0.6) is 0 Å². The third kappa shape index (κ3) is 2.17. The lowest BCUT2D eigenvalue weighted by atomic mass is 10.2. The van der Waals surface area contributed by atoms with Gasteiger partial charge >= 0.3 is 0 Å². The minimum Gasteiger partial charge on any atom is -0.264 e. The maximum absolute atomic E-state index is 4.51. The third-order valence-corrected chi connectivity index (χ3v) is 2.94. The molecule has 14 heavy (non-hydrogen) atoms. The van der Waals surface area contributed by atoms with Crippen molar-refractivity contribution in [3.05, 3.63) is 46.2 Å². The number of pyridine rings is 1. The van der Waals surface area contributed by atoms with Crippen molar-refractivity contribution in [3.63, 3.8) is 0 Å². The smallest absolute Gasteiger partial charge is 0.0972 e. The van der Waals surface area contributed by atoms with E-state index < -0.39 is 0 Å². The van der Waals surface area contributed by atoms with Gasteiger partial charge in [-0.15, -0.1) is 11.3 Å². The molecule has 0 N–H and O–H groups in total. The fourth-order valence-electron chi connectivity index (χ4n) is 1.27. The van der Waals surface area contributed by atoms with E-state index in [0.717, 1.165) is 12.8 Å². The number of rotatable bonds is 3. The Bertz CT molecular complexity index is 395. The van der Waals surface area contributed by atoms with Crippen LogP contribution in [0.25, 0.3) is 0 Å². The van der Waals surface area contributed by atoms with Crippen LogP contribution in [0.2, 0.25) is 0 Å². The normalized spacial score (nSPS) is 10.4. The zero-order valence-electron chi connectivity index (χ0n) is 8.10. The van der Waals surface area contributed by atoms with Crippen LogP contribution in [0.4, 0.5) is 0 Å². The largest absolute Gasteiger partial charge is 0.264 e. The summed E-state index contributed by atoms with van der Waals surface area (Å²) < 4.78 is 0. The summed E-state index contributed by atoms with van der Waals surface area (Å²) in [6, 6.07) is 4.05. The van der Waals surface area contributed by atoms with Gasteiger partial charge in [0.2, 0.25) is 0 Å². The topological polar surface area (TPSA) is 25.8 Å². The molecule has 2 nitrogen and oxygen atoms in total. The van der Waals surface area contributed by atoms with Gasteiger partial charge in [0.25, 0.3) is 0 Å². The molecule has 0 fully saturated rings. The Morgan fingerprint density at radius 3 is 3.00 bits per heavy atom. The quantitative estimate of drug-likeness (QED) is 0.768. The Labute approximate surface area is 87.7 Å². The van der Waals surface area contributed by atoms with Crippen LogP contribution in [-0.2, 0) is 12.8 Å². The number of nitrogens with zero attached hydrogens (tertiary/aromatic N) is 2. The van der Waals surface area contributed by atoms with Crippen LogP contribution in [0.15, 0.2) is 29.9 Å². The summed E-state index contributed by atoms with van der Waals surface area (Å²) in [5.41, 5.74) is 2.42. The summed E-state index contributed by atoms with van der Waals surface area (Å²) >= 11 is 1.73. The molecular weight excluding hydrogens is 192 g/mol. The maximum Gasteiger partial charge on any atom is 0.0972 e. The molecule has 2 aromatic rings. The van der Waals surface area contributed by atoms with E-state index >= 15 is 0 Å². The lowest BCUT2D eigenvalue weighted by Gasteiger charge is -1.95. The molecule has 0 saturated heterocycles. The van der Waals surface area contributed by atoms with Crippen molar-refractivity contribution in [1.29, 1.82) is 0 Å². The highest BCUT2D eigenvalue weighted by Crippen LogP contribution is 2.14. The van der Waals surface area contributed by atoms with Gasteiger partial charge in [-0.25, -0.2) is 4.98 Å². The maximum atomic E-state index is 4.51. The molecular formula is C11H12N2S. The molecule has 2 heterocycles. The first-order chi connectivity index (χ1) is 6.88. The highest BCUT2D eigenvalue weighted by Gasteiger charge is 2.01. The summed E-state index contributed by atoms with van der Waals surface area (Å²) in [5, 5.41) is 3.31. The van der Waals surface area contributed by atoms with Gasteiger partial charge in [0.1, 0.15) is 0 Å². The molecule has 2 aromatic heterocycles. The lowest BCUT2D eigenvalue weighted by molar-refractivity contribution is 1.01. The van der Waals surface area contributed by atoms with Crippen LogP contribution in [0.3, 0.4) is 0 Å². The van der Waals surface area contributed by atoms with E-state index in [2.05, 4.69) is 28.3 Å². The zero-order chi connectivity index (χ0) is 9.80. The molecule has 0 atom stereocenters. The van der Waals surface area contributed by atoms with Crippen LogP contribution in [0, 0.1) is 0 Å². The van der Waals surface area contributed by atoms with Crippen molar-refractivity contribution < 1.29 is 0 Å². The number of hydrogen-bond acceptors (Lipinski definition) is 3. The monoisotopic (exact) mass is 204 g/mol. The van der Waals surface area contributed by atoms with Crippen molar-refractivity contribution in [2.24, 2.45) is 0 Å². The van der Waals surface area contributed by atoms with E-state index in [1.807, 2.05) is 12.3 Å². The molecule has 0 bridgehead atoms. The van der Waals surface area contributed by atoms with Crippen molar-refractivity contribution in [1.82, 2.24) is 9.97 Å². The molecule has 0 radical (unpaired) electrons. The van der Waals surface area contributed by atoms with E-state index in [9.17, 15) is 0 Å². The van der Waals surface area contributed by atoms with E-state index in [0.29, 0.717) is 0 Å². The van der Waals surface area contributed by atoms with Gasteiger partial charge in [-0.3, -0.25) is 4.98 Å². The van der Waals surface area contributed by atoms with E-state index in [4.69, 9.17) is 0 Å². The predicted octanol–water partition coefficient (Wildman–Crippen LogP) is 2.69. The van der Waals surface area contributed by atoms with Gasteiger partial charge in [0.05, 0.1) is 10.7 Å². The second-order valence-electron chi connectivity index (χ2n) is 3.12. The lowest BCUT2D eigenvalue weighted by Crippen LogP contribution is -1.88. The highest BCUT2D eigenvalue weighted by molar-refractivity contribution is 7.09. The van der Waals surface area contributed by atoms with Gasteiger partial charge in [-0.2, -0.15) is 0 Å². The molecule has 0 aromatic carbocycles. The average molecular weight is 204 g/mol. The zero-order valence-corrected chi connectivity index (χ0v) is 8.92. The van der Waals surface area contributed by atoms with Crippen molar-refractivity contribution in [3.8, 4) is 0 Å². The average Bonchev–Trinajstić information content (AvgIpc) is 2.67. The molecule has 72 valence electrons. The summed E-state index contributed by atoms with van der Waals surface area (Å²) in [7, 11) is 0. The van der Waals surface area contributed by atoms with Crippen molar-refractivity contribution >= 4 is 11.3 Å². The molecule has 3 heteroatoms. The van der Waals surface area contributed by atoms with Gasteiger partial charge in [0.15, 0.2) is 0 Å². The third-order valence-electron chi connectivity index (χ3n) is 2.04. The summed E-state index contributed by atoms with van der Waals surface area (Å²) in [6.45, 7) is 2.13. The molecule has 0 aliphatic heterocycles. The highest BCUT2D eigenvalue weighted by atomic mass is 32.1. The Kier molecular flexibility index (Phi) is 2.89. The van der Waals surface area contributed by atoms with Gasteiger partial charge < -0.3 is 0 Å². The summed E-state index contributed by atoms with van der Waals surface area (Å²) in [4.78, 5) is 8.60. The number of hydrogen-bond donors (Lipinski definition) is 0. The Morgan fingerprint density at radius 2 is 2.36 bits per heavy atom. The second kappa shape index (κ2) is 4.33. The minimum atomic E-state index is 0.901. The molecule has 0 amide bonds. The van der Waals surface area contributed by atoms with Crippen LogP contribution in [-0.4, -0.2) is 9.97 Å². The van der Waals surface area contributed by atoms with E-state index in [1.165, 1.54) is 16.3 Å². The Hall–Kier alpha value is -1.22. The number of aryl methyl sites for hydroxylation is 1. The number of aromatic nitrogens is 2. The summed E-state index contributed by atoms with van der Waals surface area (Å²) in [5.74, 6) is 0. The molecule has 2 rings (SSSR count). The molecule has 0 saturated carbocycles. The van der Waals surface area contributed by atoms with Crippen LogP contribution >= 0.6 is 11.3 Å².